The molecule has 0 fully saturated rings. The van der Waals surface area contributed by atoms with Gasteiger partial charge in [0.25, 0.3) is 0 Å². The quantitative estimate of drug-likeness (QED) is 0.0840. The van der Waals surface area contributed by atoms with Gasteiger partial charge in [-0.3, -0.25) is 19.2 Å². The van der Waals surface area contributed by atoms with Gasteiger partial charge in [-0.05, 0) is 106 Å². The van der Waals surface area contributed by atoms with Gasteiger partial charge in [0.15, 0.2) is 29.4 Å². The molecule has 0 aliphatic carbocycles. The molecule has 49 heavy (non-hydrogen) atoms. The minimum Gasteiger partial charge on any atom is -0.465 e. The van der Waals surface area contributed by atoms with Gasteiger partial charge < -0.3 is 32.1 Å². The third-order valence-corrected chi connectivity index (χ3v) is 5.76. The molecule has 0 unspecified atom stereocenters. The summed E-state index contributed by atoms with van der Waals surface area (Å²) in [6.45, 7) is 4.45. The van der Waals surface area contributed by atoms with Crippen molar-refractivity contribution in [1.82, 2.24) is 0 Å². The Hall–Kier alpha value is -5.97. The lowest BCUT2D eigenvalue weighted by molar-refractivity contribution is -0.122. The Kier molecular flexibility index (Phi) is 21.1. The summed E-state index contributed by atoms with van der Waals surface area (Å²) in [5, 5.41) is 0. The van der Waals surface area contributed by atoms with Crippen LogP contribution in [0.5, 0.6) is 0 Å². The molecule has 0 bridgehead atoms. The van der Waals surface area contributed by atoms with Gasteiger partial charge in [0.2, 0.25) is 0 Å². The monoisotopic (exact) mass is 672 g/mol. The molecule has 258 valence electrons. The van der Waals surface area contributed by atoms with Crippen LogP contribution in [-0.4, -0.2) is 41.0 Å². The molecular weight excluding hydrogens is 632 g/mol. The molecule has 4 aromatic rings. The predicted octanol–water partition coefficient (Wildman–Crippen LogP) is 7.79. The predicted molar refractivity (Wildman–Crippen MR) is 182 cm³/mol. The minimum absolute atomic E-state index is 0.0322. The lowest BCUT2D eigenvalue weighted by Crippen LogP contribution is -1.98. The fourth-order valence-corrected chi connectivity index (χ4v) is 3.19. The Bertz CT molecular complexity index is 1560. The highest BCUT2D eigenvalue weighted by Gasteiger charge is 2.03. The smallest absolute Gasteiger partial charge is 0.185 e. The maximum atomic E-state index is 11.6. The van der Waals surface area contributed by atoms with Crippen molar-refractivity contribution < 1.29 is 51.2 Å². The Morgan fingerprint density at radius 1 is 0.449 bits per heavy atom. The molecule has 4 rings (SSSR count). The van der Waals surface area contributed by atoms with Crippen LogP contribution in [0.1, 0.15) is 87.1 Å². The van der Waals surface area contributed by atoms with E-state index in [0.717, 1.165) is 0 Å². The van der Waals surface area contributed by atoms with E-state index in [1.807, 2.05) is 0 Å². The first-order chi connectivity index (χ1) is 23.5. The lowest BCUT2D eigenvalue weighted by Gasteiger charge is -1.92. The average molecular weight is 673 g/mol. The summed E-state index contributed by atoms with van der Waals surface area (Å²) in [6.07, 6.45) is 17.5. The first-order valence-electron chi connectivity index (χ1n) is 15.2. The zero-order valence-corrected chi connectivity index (χ0v) is 27.7. The Balaban J connectivity index is 0.000000358. The fraction of sp³-hybridized carbons (Fsp3) is 0.237. The fourth-order valence-electron chi connectivity index (χ4n) is 3.19. The number of hydrogen-bond acceptors (Lipinski definition) is 11. The first-order valence-corrected chi connectivity index (χ1v) is 15.2. The van der Waals surface area contributed by atoms with Crippen LogP contribution in [0.3, 0.4) is 0 Å². The standard InChI is InChI=1S/C16H14O4.C11H12O3.C6H10O2.C5H4O2/c17-13(7-9-15-3-1-11-19-15)5-6-14(18)8-10-16-4-2-12-20-16;1-9(12)4-5-10(13)6-7-11-3-2-8-14-11;1-5(7)3-4-6(2)8;6-4-5-2-1-3-7-5/h1-4,7-12H,5-6H2;2-3,6-8H,4-5H2,1H3;3-4H2,1-2H3;1-4H/b9-7+,10-8+;7-6+;;. The molecule has 0 aliphatic rings. The molecule has 0 saturated carbocycles. The largest absolute Gasteiger partial charge is 0.465 e. The van der Waals surface area contributed by atoms with Crippen molar-refractivity contribution in [2.75, 3.05) is 0 Å². The molecular formula is C38H40O11. The number of furan rings is 4. The van der Waals surface area contributed by atoms with Gasteiger partial charge in [0.1, 0.15) is 34.6 Å². The third-order valence-electron chi connectivity index (χ3n) is 5.76. The Morgan fingerprint density at radius 2 is 0.714 bits per heavy atom. The van der Waals surface area contributed by atoms with Crippen LogP contribution in [-0.2, 0) is 28.8 Å². The van der Waals surface area contributed by atoms with Gasteiger partial charge in [0, 0.05) is 38.5 Å². The first kappa shape index (κ1) is 41.1. The van der Waals surface area contributed by atoms with E-state index in [0.29, 0.717) is 48.6 Å². The number of hydrogen-bond donors (Lipinski definition) is 0. The van der Waals surface area contributed by atoms with Crippen molar-refractivity contribution in [2.24, 2.45) is 0 Å². The van der Waals surface area contributed by atoms with Crippen LogP contribution in [0.2, 0.25) is 0 Å². The van der Waals surface area contributed by atoms with Crippen molar-refractivity contribution >= 4 is 59.2 Å². The van der Waals surface area contributed by atoms with Crippen molar-refractivity contribution in [2.45, 2.75) is 59.3 Å². The van der Waals surface area contributed by atoms with Crippen molar-refractivity contribution in [3.8, 4) is 0 Å². The number of allylic oxidation sites excluding steroid dienone is 3. The SMILES string of the molecule is CC(=O)CCC(=O)/C=C/c1ccco1.CC(=O)CCC(C)=O.O=C(/C=C/c1ccco1)CCC(=O)/C=C/c1ccco1.O=Cc1ccco1. The molecule has 0 spiro atoms. The van der Waals surface area contributed by atoms with E-state index in [1.54, 1.807) is 73.0 Å². The molecule has 0 aromatic carbocycles. The lowest BCUT2D eigenvalue weighted by atomic mass is 10.1. The van der Waals surface area contributed by atoms with E-state index in [-0.39, 0.29) is 54.0 Å². The number of carbonyl (C=O) groups is 7. The highest BCUT2D eigenvalue weighted by atomic mass is 16.3. The van der Waals surface area contributed by atoms with Crippen LogP contribution in [0, 0.1) is 0 Å². The van der Waals surface area contributed by atoms with E-state index >= 15 is 0 Å². The van der Waals surface area contributed by atoms with Crippen molar-refractivity contribution in [3.63, 3.8) is 0 Å². The summed E-state index contributed by atoms with van der Waals surface area (Å²) in [4.78, 5) is 75.0. The molecule has 0 N–H and O–H groups in total. The van der Waals surface area contributed by atoms with E-state index < -0.39 is 0 Å². The van der Waals surface area contributed by atoms with Crippen LogP contribution in [0.15, 0.2) is 109 Å². The molecule has 0 atom stereocenters. The van der Waals surface area contributed by atoms with Crippen molar-refractivity contribution in [3.05, 3.63) is 115 Å². The number of aldehydes is 1. The highest BCUT2D eigenvalue weighted by Crippen LogP contribution is 2.06. The molecule has 0 saturated heterocycles. The molecule has 4 heterocycles. The molecule has 0 aliphatic heterocycles. The molecule has 11 nitrogen and oxygen atoms in total. The van der Waals surface area contributed by atoms with E-state index in [1.165, 1.54) is 57.8 Å². The summed E-state index contributed by atoms with van der Waals surface area (Å²) in [5.41, 5.74) is 0. The van der Waals surface area contributed by atoms with Gasteiger partial charge in [0.05, 0.1) is 25.1 Å². The Morgan fingerprint density at radius 3 is 0.939 bits per heavy atom. The number of ketones is 6. The van der Waals surface area contributed by atoms with Crippen LogP contribution in [0.25, 0.3) is 18.2 Å². The van der Waals surface area contributed by atoms with Gasteiger partial charge in [-0.2, -0.15) is 0 Å². The molecule has 4 aromatic heterocycles. The van der Waals surface area contributed by atoms with E-state index in [4.69, 9.17) is 13.3 Å². The zero-order chi connectivity index (χ0) is 36.3. The van der Waals surface area contributed by atoms with Gasteiger partial charge in [-0.25, -0.2) is 0 Å². The summed E-state index contributed by atoms with van der Waals surface area (Å²) in [5.74, 6) is 2.16. The highest BCUT2D eigenvalue weighted by molar-refractivity contribution is 5.99. The van der Waals surface area contributed by atoms with Crippen molar-refractivity contribution in [1.29, 1.82) is 0 Å². The second kappa shape index (κ2) is 25.2. The maximum absolute atomic E-state index is 11.6. The second-order valence-electron chi connectivity index (χ2n) is 10.2. The van der Waals surface area contributed by atoms with Crippen LogP contribution in [0.4, 0.5) is 0 Å². The second-order valence-corrected chi connectivity index (χ2v) is 10.2. The van der Waals surface area contributed by atoms with Gasteiger partial charge in [-0.15, -0.1) is 0 Å². The topological polar surface area (TPSA) is 172 Å². The molecule has 11 heteroatoms. The van der Waals surface area contributed by atoms with Crippen LogP contribution >= 0.6 is 0 Å². The summed E-state index contributed by atoms with van der Waals surface area (Å²) >= 11 is 0. The summed E-state index contributed by atoms with van der Waals surface area (Å²) < 4.78 is 19.7. The average Bonchev–Trinajstić information content (AvgIpc) is 3.92. The summed E-state index contributed by atoms with van der Waals surface area (Å²) in [6, 6.07) is 13.8. The normalized spacial score (nSPS) is 10.3. The van der Waals surface area contributed by atoms with E-state index in [2.05, 4.69) is 4.42 Å². The molecule has 0 amide bonds. The van der Waals surface area contributed by atoms with Gasteiger partial charge in [-0.1, -0.05) is 0 Å². The van der Waals surface area contributed by atoms with Crippen LogP contribution < -0.4 is 0 Å². The number of rotatable bonds is 16. The molecule has 0 radical (unpaired) electrons. The van der Waals surface area contributed by atoms with E-state index in [9.17, 15) is 33.6 Å². The number of carbonyl (C=O) groups excluding carboxylic acids is 7. The number of Topliss-reactive ketones (excluding diaryl/α,β-unsaturated/α-hetero) is 3. The summed E-state index contributed by atoms with van der Waals surface area (Å²) in [7, 11) is 0. The minimum atomic E-state index is -0.110. The third kappa shape index (κ3) is 23.1. The van der Waals surface area contributed by atoms with Gasteiger partial charge >= 0.3 is 0 Å². The zero-order valence-electron chi connectivity index (χ0n) is 27.7. The Labute approximate surface area is 284 Å². The maximum Gasteiger partial charge on any atom is 0.185 e.